The molecule has 5 rings (SSSR count). The number of imidazole rings is 1. The van der Waals surface area contributed by atoms with Crippen LogP contribution in [0.4, 0.5) is 0 Å². The minimum atomic E-state index is 0.0521. The maximum atomic E-state index is 13.1. The van der Waals surface area contributed by atoms with Crippen molar-refractivity contribution in [2.45, 2.75) is 19.8 Å². The Labute approximate surface area is 221 Å². The lowest BCUT2D eigenvalue weighted by Gasteiger charge is -2.34. The van der Waals surface area contributed by atoms with Crippen molar-refractivity contribution < 1.29 is 14.3 Å². The van der Waals surface area contributed by atoms with Crippen LogP contribution < -0.4 is 4.74 Å². The number of carbonyl (C=O) groups is 2. The summed E-state index contributed by atoms with van der Waals surface area (Å²) in [6.07, 6.45) is 2.93. The summed E-state index contributed by atoms with van der Waals surface area (Å²) >= 11 is 6.49. The van der Waals surface area contributed by atoms with E-state index >= 15 is 0 Å². The molecule has 2 aromatic heterocycles. The van der Waals surface area contributed by atoms with E-state index in [1.165, 1.54) is 0 Å². The summed E-state index contributed by atoms with van der Waals surface area (Å²) in [5, 5.41) is 0.679. The molecule has 0 spiro atoms. The van der Waals surface area contributed by atoms with Crippen LogP contribution in [0.25, 0.3) is 28.0 Å². The number of halogens is 1. The van der Waals surface area contributed by atoms with Crippen molar-refractivity contribution in [1.29, 1.82) is 0 Å². The number of aromatic nitrogens is 2. The summed E-state index contributed by atoms with van der Waals surface area (Å²) in [6.45, 7) is 3.85. The first-order valence-corrected chi connectivity index (χ1v) is 12.8. The number of benzene rings is 2. The van der Waals surface area contributed by atoms with E-state index in [2.05, 4.69) is 4.40 Å². The standard InChI is InChI=1S/C29H29ClN4O3/c1-20(35)32-15-17-33(18-16-32)28(36)14-12-26-29(21-7-10-23(37-2)11-8-21)31-27-13-9-22(19-34(26)27)24-5-3-4-6-25(24)30/h3-11,13,19H,12,14-18H2,1-2H3. The summed E-state index contributed by atoms with van der Waals surface area (Å²) in [5.41, 5.74) is 5.49. The lowest BCUT2D eigenvalue weighted by Crippen LogP contribution is -2.50. The van der Waals surface area contributed by atoms with Gasteiger partial charge in [0.05, 0.1) is 18.5 Å². The van der Waals surface area contributed by atoms with E-state index in [9.17, 15) is 9.59 Å². The van der Waals surface area contributed by atoms with Crippen LogP contribution in [0.15, 0.2) is 66.9 Å². The average molecular weight is 517 g/mol. The number of amides is 2. The number of hydrogen-bond donors (Lipinski definition) is 0. The molecule has 8 heteroatoms. The topological polar surface area (TPSA) is 67.2 Å². The Morgan fingerprint density at radius 2 is 1.59 bits per heavy atom. The Hall–Kier alpha value is -3.84. The van der Waals surface area contributed by atoms with Crippen molar-refractivity contribution in [2.24, 2.45) is 0 Å². The Morgan fingerprint density at radius 1 is 0.919 bits per heavy atom. The number of aryl methyl sites for hydroxylation is 1. The zero-order valence-electron chi connectivity index (χ0n) is 21.0. The van der Waals surface area contributed by atoms with Crippen molar-refractivity contribution >= 4 is 29.1 Å². The number of piperazine rings is 1. The van der Waals surface area contributed by atoms with Crippen molar-refractivity contribution in [1.82, 2.24) is 19.2 Å². The molecular weight excluding hydrogens is 488 g/mol. The van der Waals surface area contributed by atoms with Gasteiger partial charge in [-0.25, -0.2) is 4.98 Å². The van der Waals surface area contributed by atoms with Gasteiger partial charge in [0.25, 0.3) is 0 Å². The van der Waals surface area contributed by atoms with Gasteiger partial charge in [0.2, 0.25) is 11.8 Å². The molecule has 1 saturated heterocycles. The number of pyridine rings is 1. The fraction of sp³-hybridized carbons (Fsp3) is 0.276. The van der Waals surface area contributed by atoms with E-state index in [1.54, 1.807) is 18.9 Å². The van der Waals surface area contributed by atoms with Gasteiger partial charge in [-0.1, -0.05) is 29.8 Å². The number of methoxy groups -OCH3 is 1. The van der Waals surface area contributed by atoms with Crippen LogP contribution in [0.2, 0.25) is 5.02 Å². The maximum absolute atomic E-state index is 13.1. The van der Waals surface area contributed by atoms with Gasteiger partial charge in [-0.15, -0.1) is 0 Å². The van der Waals surface area contributed by atoms with Crippen molar-refractivity contribution in [3.8, 4) is 28.1 Å². The Balaban J connectivity index is 1.47. The third-order valence-electron chi connectivity index (χ3n) is 6.92. The number of nitrogens with zero attached hydrogens (tertiary/aromatic N) is 4. The first kappa shape index (κ1) is 24.8. The van der Waals surface area contributed by atoms with Crippen molar-refractivity contribution in [3.05, 3.63) is 77.6 Å². The minimum Gasteiger partial charge on any atom is -0.497 e. The van der Waals surface area contributed by atoms with Crippen LogP contribution in [-0.4, -0.2) is 64.3 Å². The van der Waals surface area contributed by atoms with Gasteiger partial charge in [-0.3, -0.25) is 9.59 Å². The molecule has 7 nitrogen and oxygen atoms in total. The van der Waals surface area contributed by atoms with Crippen LogP contribution in [0.5, 0.6) is 5.75 Å². The third-order valence-corrected chi connectivity index (χ3v) is 7.25. The first-order valence-electron chi connectivity index (χ1n) is 12.4. The Bertz CT molecular complexity index is 1440. The SMILES string of the molecule is COc1ccc(-c2nc3ccc(-c4ccccc4Cl)cn3c2CCC(=O)N2CCN(C(C)=O)CC2)cc1. The second-order valence-corrected chi connectivity index (χ2v) is 9.56. The number of ether oxygens (including phenoxy) is 1. The molecule has 1 aliphatic rings. The molecule has 0 saturated carbocycles. The second kappa shape index (κ2) is 10.6. The third kappa shape index (κ3) is 5.18. The highest BCUT2D eigenvalue weighted by molar-refractivity contribution is 6.33. The fourth-order valence-electron chi connectivity index (χ4n) is 4.82. The largest absolute Gasteiger partial charge is 0.497 e. The van der Waals surface area contributed by atoms with Crippen LogP contribution in [0, 0.1) is 0 Å². The lowest BCUT2D eigenvalue weighted by atomic mass is 10.1. The molecular formula is C29H29ClN4O3. The molecule has 0 atom stereocenters. The summed E-state index contributed by atoms with van der Waals surface area (Å²) in [6, 6.07) is 19.6. The highest BCUT2D eigenvalue weighted by atomic mass is 35.5. The molecule has 37 heavy (non-hydrogen) atoms. The van der Waals surface area contributed by atoms with Gasteiger partial charge >= 0.3 is 0 Å². The van der Waals surface area contributed by atoms with Gasteiger partial charge in [-0.05, 0) is 54.4 Å². The predicted molar refractivity (Wildman–Crippen MR) is 145 cm³/mol. The molecule has 4 aromatic rings. The monoisotopic (exact) mass is 516 g/mol. The molecule has 2 aromatic carbocycles. The summed E-state index contributed by atoms with van der Waals surface area (Å²) in [7, 11) is 1.64. The minimum absolute atomic E-state index is 0.0521. The highest BCUT2D eigenvalue weighted by Crippen LogP contribution is 2.31. The van der Waals surface area contributed by atoms with Crippen molar-refractivity contribution in [3.63, 3.8) is 0 Å². The summed E-state index contributed by atoms with van der Waals surface area (Å²) in [5.74, 6) is 0.910. The Kier molecular flexibility index (Phi) is 7.15. The number of hydrogen-bond acceptors (Lipinski definition) is 4. The van der Waals surface area contributed by atoms with Crippen molar-refractivity contribution in [2.75, 3.05) is 33.3 Å². The molecule has 3 heterocycles. The summed E-state index contributed by atoms with van der Waals surface area (Å²) < 4.78 is 7.39. The lowest BCUT2D eigenvalue weighted by molar-refractivity contribution is -0.138. The van der Waals surface area contributed by atoms with E-state index in [0.29, 0.717) is 44.0 Å². The van der Waals surface area contributed by atoms with E-state index in [0.717, 1.165) is 39.5 Å². The molecule has 2 amide bonds. The molecule has 0 N–H and O–H groups in total. The van der Waals surface area contributed by atoms with Gasteiger partial charge in [0.1, 0.15) is 11.4 Å². The quantitative estimate of drug-likeness (QED) is 0.363. The van der Waals surface area contributed by atoms with E-state index in [4.69, 9.17) is 21.3 Å². The molecule has 0 aliphatic carbocycles. The molecule has 190 valence electrons. The maximum Gasteiger partial charge on any atom is 0.223 e. The second-order valence-electron chi connectivity index (χ2n) is 9.15. The van der Waals surface area contributed by atoms with Gasteiger partial charge in [0.15, 0.2) is 0 Å². The van der Waals surface area contributed by atoms with Crippen LogP contribution >= 0.6 is 11.6 Å². The van der Waals surface area contributed by atoms with Gasteiger partial charge in [-0.2, -0.15) is 0 Å². The highest BCUT2D eigenvalue weighted by Gasteiger charge is 2.23. The molecule has 0 bridgehead atoms. The van der Waals surface area contributed by atoms with E-state index < -0.39 is 0 Å². The number of rotatable bonds is 6. The van der Waals surface area contributed by atoms with Gasteiger partial charge < -0.3 is 18.9 Å². The Morgan fingerprint density at radius 3 is 2.27 bits per heavy atom. The summed E-state index contributed by atoms with van der Waals surface area (Å²) in [4.78, 5) is 33.3. The normalized spacial score (nSPS) is 13.7. The van der Waals surface area contributed by atoms with Crippen LogP contribution in [0.3, 0.4) is 0 Å². The van der Waals surface area contributed by atoms with E-state index in [1.807, 2.05) is 71.8 Å². The van der Waals surface area contributed by atoms with Gasteiger partial charge in [0, 0.05) is 61.9 Å². The molecule has 1 fully saturated rings. The smallest absolute Gasteiger partial charge is 0.223 e. The molecule has 0 unspecified atom stereocenters. The average Bonchev–Trinajstić information content (AvgIpc) is 3.29. The zero-order valence-corrected chi connectivity index (χ0v) is 21.7. The number of carbonyl (C=O) groups excluding carboxylic acids is 2. The van der Waals surface area contributed by atoms with Crippen LogP contribution in [0.1, 0.15) is 19.0 Å². The fourth-order valence-corrected chi connectivity index (χ4v) is 5.07. The first-order chi connectivity index (χ1) is 17.9. The van der Waals surface area contributed by atoms with E-state index in [-0.39, 0.29) is 11.8 Å². The number of fused-ring (bicyclic) bond motifs is 1. The molecule has 1 aliphatic heterocycles. The molecule has 0 radical (unpaired) electrons. The zero-order chi connectivity index (χ0) is 25.9. The predicted octanol–water partition coefficient (Wildman–Crippen LogP) is 4.95. The van der Waals surface area contributed by atoms with Crippen LogP contribution in [-0.2, 0) is 16.0 Å².